The van der Waals surface area contributed by atoms with Crippen molar-refractivity contribution in [2.75, 3.05) is 38.1 Å². The number of benzene rings is 1. The van der Waals surface area contributed by atoms with Crippen molar-refractivity contribution in [3.63, 3.8) is 0 Å². The number of piperidine rings is 1. The molecule has 1 aromatic rings. The number of likely N-dealkylation sites (tertiary alicyclic amines) is 1. The van der Waals surface area contributed by atoms with Crippen molar-refractivity contribution in [3.8, 4) is 0 Å². The monoisotopic (exact) mass is 420 g/mol. The zero-order valence-corrected chi connectivity index (χ0v) is 15.5. The van der Waals surface area contributed by atoms with Gasteiger partial charge in [0, 0.05) is 33.2 Å². The molecule has 1 aliphatic heterocycles. The number of nitrogens with two attached hydrogens (primary N) is 1. The minimum Gasteiger partial charge on any atom is -0.372 e. The number of aliphatic imine (C=N–C) groups is 1. The fraction of sp³-hybridized carbons (Fsp3) is 0.562. The third kappa shape index (κ3) is 5.62. The Kier molecular flexibility index (Phi) is 8.52. The highest BCUT2D eigenvalue weighted by Gasteiger charge is 2.11. The maximum absolute atomic E-state index is 13.6. The molecule has 1 aliphatic rings. The first-order chi connectivity index (χ1) is 10.2. The third-order valence-electron chi connectivity index (χ3n) is 3.87. The normalized spacial score (nSPS) is 15.4. The van der Waals surface area contributed by atoms with Gasteiger partial charge >= 0.3 is 0 Å². The predicted molar refractivity (Wildman–Crippen MR) is 102 cm³/mol. The van der Waals surface area contributed by atoms with E-state index < -0.39 is 0 Å². The van der Waals surface area contributed by atoms with Crippen molar-refractivity contribution in [2.24, 2.45) is 10.7 Å². The van der Waals surface area contributed by atoms with Gasteiger partial charge in [-0.15, -0.1) is 24.0 Å². The number of halogens is 2. The molecule has 0 unspecified atom stereocenters. The Bertz CT molecular complexity index is 475. The van der Waals surface area contributed by atoms with Gasteiger partial charge in [0.2, 0.25) is 0 Å². The van der Waals surface area contributed by atoms with E-state index in [1.165, 1.54) is 25.3 Å². The minimum atomic E-state index is -0.184. The summed E-state index contributed by atoms with van der Waals surface area (Å²) in [6.45, 7) is 3.48. The van der Waals surface area contributed by atoms with Gasteiger partial charge in [0.15, 0.2) is 5.96 Å². The Morgan fingerprint density at radius 1 is 1.27 bits per heavy atom. The highest BCUT2D eigenvalue weighted by molar-refractivity contribution is 14.0. The molecule has 0 atom stereocenters. The van der Waals surface area contributed by atoms with Crippen molar-refractivity contribution in [2.45, 2.75) is 25.7 Å². The van der Waals surface area contributed by atoms with Crippen LogP contribution in [-0.2, 0) is 0 Å². The smallest absolute Gasteiger partial charge is 0.191 e. The fourth-order valence-corrected chi connectivity index (χ4v) is 2.61. The molecule has 1 aromatic carbocycles. The van der Waals surface area contributed by atoms with Crippen LogP contribution in [0.2, 0.25) is 0 Å². The van der Waals surface area contributed by atoms with Gasteiger partial charge in [0.1, 0.15) is 5.82 Å². The molecule has 0 amide bonds. The van der Waals surface area contributed by atoms with Crippen molar-refractivity contribution in [1.29, 1.82) is 0 Å². The quantitative estimate of drug-likeness (QED) is 0.345. The first kappa shape index (κ1) is 19.0. The molecule has 0 radical (unpaired) electrons. The molecule has 1 saturated heterocycles. The third-order valence-corrected chi connectivity index (χ3v) is 3.87. The molecular weight excluding hydrogens is 394 g/mol. The largest absolute Gasteiger partial charge is 0.372 e. The zero-order valence-electron chi connectivity index (χ0n) is 13.2. The summed E-state index contributed by atoms with van der Waals surface area (Å²) in [5.41, 5.74) is 6.63. The van der Waals surface area contributed by atoms with Crippen LogP contribution in [0.15, 0.2) is 29.3 Å². The molecular formula is C16H26FIN4. The SMILES string of the molecule is CN(CCCN=C(N)N1CCCCC1)c1ccccc1F.I. The highest BCUT2D eigenvalue weighted by Crippen LogP contribution is 2.17. The maximum atomic E-state index is 13.6. The van der Waals surface area contributed by atoms with Crippen LogP contribution in [0.5, 0.6) is 0 Å². The molecule has 0 aromatic heterocycles. The topological polar surface area (TPSA) is 44.9 Å². The van der Waals surface area contributed by atoms with Crippen molar-refractivity contribution in [3.05, 3.63) is 30.1 Å². The lowest BCUT2D eigenvalue weighted by molar-refractivity contribution is 0.338. The lowest BCUT2D eigenvalue weighted by atomic mass is 10.1. The summed E-state index contributed by atoms with van der Waals surface area (Å²) in [6.07, 6.45) is 4.55. The first-order valence-corrected chi connectivity index (χ1v) is 7.69. The average molecular weight is 420 g/mol. The van der Waals surface area contributed by atoms with Crippen molar-refractivity contribution >= 4 is 35.6 Å². The van der Waals surface area contributed by atoms with Crippen LogP contribution in [0.4, 0.5) is 10.1 Å². The molecule has 0 saturated carbocycles. The molecule has 0 aliphatic carbocycles. The number of hydrogen-bond donors (Lipinski definition) is 1. The van der Waals surface area contributed by atoms with Gasteiger partial charge in [-0.2, -0.15) is 0 Å². The van der Waals surface area contributed by atoms with E-state index >= 15 is 0 Å². The molecule has 4 nitrogen and oxygen atoms in total. The number of anilines is 1. The summed E-state index contributed by atoms with van der Waals surface area (Å²) in [4.78, 5) is 8.51. The Labute approximate surface area is 149 Å². The van der Waals surface area contributed by atoms with Crippen LogP contribution in [0.3, 0.4) is 0 Å². The fourth-order valence-electron chi connectivity index (χ4n) is 2.61. The summed E-state index contributed by atoms with van der Waals surface area (Å²) in [7, 11) is 1.90. The maximum Gasteiger partial charge on any atom is 0.191 e. The number of guanidine groups is 1. The zero-order chi connectivity index (χ0) is 15.1. The standard InChI is InChI=1S/C16H25FN4.HI/c1-20(15-9-4-3-8-14(15)17)11-7-10-19-16(18)21-12-5-2-6-13-21;/h3-4,8-9H,2,5-7,10-13H2,1H3,(H2,18,19);1H. The van der Waals surface area contributed by atoms with Gasteiger partial charge in [0.25, 0.3) is 0 Å². The summed E-state index contributed by atoms with van der Waals surface area (Å²) < 4.78 is 13.6. The van der Waals surface area contributed by atoms with Gasteiger partial charge in [-0.1, -0.05) is 12.1 Å². The lowest BCUT2D eigenvalue weighted by Crippen LogP contribution is -2.41. The average Bonchev–Trinajstić information content (AvgIpc) is 2.52. The van der Waals surface area contributed by atoms with Gasteiger partial charge in [-0.3, -0.25) is 4.99 Å². The van der Waals surface area contributed by atoms with Crippen LogP contribution in [0.1, 0.15) is 25.7 Å². The number of hydrogen-bond acceptors (Lipinski definition) is 2. The van der Waals surface area contributed by atoms with E-state index in [0.29, 0.717) is 18.2 Å². The Balaban J connectivity index is 0.00000242. The van der Waals surface area contributed by atoms with E-state index in [1.807, 2.05) is 18.0 Å². The van der Waals surface area contributed by atoms with Crippen LogP contribution in [-0.4, -0.2) is 44.1 Å². The molecule has 124 valence electrons. The van der Waals surface area contributed by atoms with E-state index in [9.17, 15) is 4.39 Å². The van der Waals surface area contributed by atoms with Crippen LogP contribution in [0, 0.1) is 5.82 Å². The molecule has 22 heavy (non-hydrogen) atoms. The molecule has 2 N–H and O–H groups in total. The highest BCUT2D eigenvalue weighted by atomic mass is 127. The minimum absolute atomic E-state index is 0. The van der Waals surface area contributed by atoms with E-state index in [0.717, 1.165) is 26.1 Å². The molecule has 2 rings (SSSR count). The first-order valence-electron chi connectivity index (χ1n) is 7.69. The lowest BCUT2D eigenvalue weighted by Gasteiger charge is -2.27. The van der Waals surface area contributed by atoms with E-state index in [4.69, 9.17) is 5.73 Å². The number of para-hydroxylation sites is 1. The van der Waals surface area contributed by atoms with E-state index in [2.05, 4.69) is 9.89 Å². The van der Waals surface area contributed by atoms with Crippen LogP contribution >= 0.6 is 24.0 Å². The molecule has 0 bridgehead atoms. The summed E-state index contributed by atoms with van der Waals surface area (Å²) >= 11 is 0. The van der Waals surface area contributed by atoms with E-state index in [1.54, 1.807) is 12.1 Å². The van der Waals surface area contributed by atoms with Gasteiger partial charge in [-0.25, -0.2) is 4.39 Å². The second-order valence-electron chi connectivity index (χ2n) is 5.51. The van der Waals surface area contributed by atoms with Gasteiger partial charge in [-0.05, 0) is 37.8 Å². The van der Waals surface area contributed by atoms with Gasteiger partial charge in [0.05, 0.1) is 5.69 Å². The molecule has 1 fully saturated rings. The molecule has 6 heteroatoms. The second-order valence-corrected chi connectivity index (χ2v) is 5.51. The molecule has 1 heterocycles. The second kappa shape index (κ2) is 9.86. The molecule has 0 spiro atoms. The summed E-state index contributed by atoms with van der Waals surface area (Å²) in [6, 6.07) is 6.83. The van der Waals surface area contributed by atoms with Crippen LogP contribution in [0.25, 0.3) is 0 Å². The van der Waals surface area contributed by atoms with Crippen molar-refractivity contribution in [1.82, 2.24) is 4.90 Å². The Hall–Kier alpha value is -1.05. The van der Waals surface area contributed by atoms with Crippen LogP contribution < -0.4 is 10.6 Å². The van der Waals surface area contributed by atoms with E-state index in [-0.39, 0.29) is 29.8 Å². The predicted octanol–water partition coefficient (Wildman–Crippen LogP) is 3.07. The summed E-state index contributed by atoms with van der Waals surface area (Å²) in [5.74, 6) is 0.472. The Morgan fingerprint density at radius 2 is 1.95 bits per heavy atom. The number of rotatable bonds is 5. The Morgan fingerprint density at radius 3 is 2.64 bits per heavy atom. The number of nitrogens with zero attached hydrogens (tertiary/aromatic N) is 3. The van der Waals surface area contributed by atoms with Crippen molar-refractivity contribution < 1.29 is 4.39 Å². The summed E-state index contributed by atoms with van der Waals surface area (Å²) in [5, 5.41) is 0. The van der Waals surface area contributed by atoms with Gasteiger partial charge < -0.3 is 15.5 Å².